The highest BCUT2D eigenvalue weighted by Crippen LogP contribution is 2.19. The van der Waals surface area contributed by atoms with Gasteiger partial charge in [0.15, 0.2) is 11.6 Å². The van der Waals surface area contributed by atoms with E-state index in [1.54, 1.807) is 25.3 Å². The first-order valence-corrected chi connectivity index (χ1v) is 6.38. The number of hydrogen-bond donors (Lipinski definition) is 1. The Kier molecular flexibility index (Phi) is 8.13. The van der Waals surface area contributed by atoms with Gasteiger partial charge in [-0.1, -0.05) is 12.1 Å². The van der Waals surface area contributed by atoms with Crippen molar-refractivity contribution in [1.82, 2.24) is 5.32 Å². The monoisotopic (exact) mass is 271 g/mol. The molecule has 4 nitrogen and oxygen atoms in total. The Morgan fingerprint density at radius 3 is 2.74 bits per heavy atom. The molecule has 0 unspecified atom stereocenters. The number of nitrogens with one attached hydrogen (secondary N) is 1. The molecule has 0 atom stereocenters. The van der Waals surface area contributed by atoms with Gasteiger partial charge in [-0.05, 0) is 19.0 Å². The fraction of sp³-hybridized carbons (Fsp3) is 0.571. The van der Waals surface area contributed by atoms with E-state index in [9.17, 15) is 4.39 Å². The minimum atomic E-state index is -0.297. The summed E-state index contributed by atoms with van der Waals surface area (Å²) in [5, 5.41) is 3.18. The van der Waals surface area contributed by atoms with Crippen LogP contribution in [0.4, 0.5) is 4.39 Å². The van der Waals surface area contributed by atoms with E-state index in [1.165, 1.54) is 7.11 Å². The largest absolute Gasteiger partial charge is 0.494 e. The molecule has 0 spiro atoms. The van der Waals surface area contributed by atoms with Crippen LogP contribution < -0.4 is 10.1 Å². The Balaban J connectivity index is 2.16. The van der Waals surface area contributed by atoms with Crippen molar-refractivity contribution in [2.45, 2.75) is 13.0 Å². The molecule has 0 amide bonds. The molecular weight excluding hydrogens is 249 g/mol. The van der Waals surface area contributed by atoms with Crippen LogP contribution in [-0.2, 0) is 16.0 Å². The lowest BCUT2D eigenvalue weighted by Gasteiger charge is -2.09. The third-order valence-electron chi connectivity index (χ3n) is 2.65. The van der Waals surface area contributed by atoms with E-state index >= 15 is 0 Å². The standard InChI is InChI=1S/C14H22FNO3/c1-17-9-10-19-8-4-7-16-11-12-5-3-6-13(18-2)14(12)15/h3,5-6,16H,4,7-11H2,1-2H3. The minimum Gasteiger partial charge on any atom is -0.494 e. The molecular formula is C14H22FNO3. The number of hydrogen-bond acceptors (Lipinski definition) is 4. The van der Waals surface area contributed by atoms with Crippen molar-refractivity contribution >= 4 is 0 Å². The molecule has 1 rings (SSSR count). The van der Waals surface area contributed by atoms with E-state index in [0.29, 0.717) is 31.9 Å². The fourth-order valence-electron chi connectivity index (χ4n) is 1.62. The first-order valence-electron chi connectivity index (χ1n) is 6.38. The Labute approximate surface area is 113 Å². The number of halogens is 1. The quantitative estimate of drug-likeness (QED) is 0.661. The highest BCUT2D eigenvalue weighted by molar-refractivity contribution is 5.30. The SMILES string of the molecule is COCCOCCCNCc1cccc(OC)c1F. The molecule has 0 aliphatic heterocycles. The highest BCUT2D eigenvalue weighted by Gasteiger charge is 2.07. The van der Waals surface area contributed by atoms with Gasteiger partial charge in [-0.2, -0.15) is 0 Å². The second-order valence-corrected chi connectivity index (χ2v) is 4.07. The topological polar surface area (TPSA) is 39.7 Å². The summed E-state index contributed by atoms with van der Waals surface area (Å²) in [6.07, 6.45) is 0.884. The lowest BCUT2D eigenvalue weighted by molar-refractivity contribution is 0.0694. The van der Waals surface area contributed by atoms with E-state index in [-0.39, 0.29) is 11.6 Å². The van der Waals surface area contributed by atoms with Gasteiger partial charge in [-0.3, -0.25) is 0 Å². The van der Waals surface area contributed by atoms with Crippen molar-refractivity contribution in [1.29, 1.82) is 0 Å². The average molecular weight is 271 g/mol. The third kappa shape index (κ3) is 6.00. The molecule has 0 aliphatic rings. The second kappa shape index (κ2) is 9.72. The number of benzene rings is 1. The van der Waals surface area contributed by atoms with Gasteiger partial charge in [0, 0.05) is 25.8 Å². The zero-order valence-corrected chi connectivity index (χ0v) is 11.6. The smallest absolute Gasteiger partial charge is 0.169 e. The van der Waals surface area contributed by atoms with Crippen molar-refractivity contribution in [3.05, 3.63) is 29.6 Å². The Morgan fingerprint density at radius 2 is 2.00 bits per heavy atom. The Morgan fingerprint density at radius 1 is 1.16 bits per heavy atom. The first-order chi connectivity index (χ1) is 9.29. The molecule has 0 aromatic heterocycles. The first kappa shape index (κ1) is 15.9. The van der Waals surface area contributed by atoms with Gasteiger partial charge >= 0.3 is 0 Å². The predicted octanol–water partition coefficient (Wildman–Crippen LogP) is 1.98. The molecule has 1 N–H and O–H groups in total. The molecule has 0 saturated carbocycles. The summed E-state index contributed by atoms with van der Waals surface area (Å²) in [5.41, 5.74) is 0.611. The molecule has 19 heavy (non-hydrogen) atoms. The minimum absolute atomic E-state index is 0.280. The van der Waals surface area contributed by atoms with Crippen molar-refractivity contribution in [3.8, 4) is 5.75 Å². The summed E-state index contributed by atoms with van der Waals surface area (Å²) in [6.45, 7) is 3.17. The van der Waals surface area contributed by atoms with Crippen LogP contribution >= 0.6 is 0 Å². The van der Waals surface area contributed by atoms with Crippen LogP contribution in [0.5, 0.6) is 5.75 Å². The molecule has 1 aromatic rings. The third-order valence-corrected chi connectivity index (χ3v) is 2.65. The molecule has 0 fully saturated rings. The van der Waals surface area contributed by atoms with Crippen LogP contribution in [0.25, 0.3) is 0 Å². The summed E-state index contributed by atoms with van der Waals surface area (Å²) < 4.78 is 28.9. The average Bonchev–Trinajstić information content (AvgIpc) is 2.43. The Bertz CT molecular complexity index is 361. The highest BCUT2D eigenvalue weighted by atomic mass is 19.1. The van der Waals surface area contributed by atoms with E-state index in [0.717, 1.165) is 13.0 Å². The van der Waals surface area contributed by atoms with E-state index < -0.39 is 0 Å². The van der Waals surface area contributed by atoms with Gasteiger partial charge < -0.3 is 19.5 Å². The molecule has 0 heterocycles. The van der Waals surface area contributed by atoms with Crippen molar-refractivity contribution < 1.29 is 18.6 Å². The van der Waals surface area contributed by atoms with Gasteiger partial charge in [0.1, 0.15) is 0 Å². The fourth-order valence-corrected chi connectivity index (χ4v) is 1.62. The summed E-state index contributed by atoms with van der Waals surface area (Å²) >= 11 is 0. The van der Waals surface area contributed by atoms with Crippen molar-refractivity contribution in [2.75, 3.05) is 40.6 Å². The molecule has 0 saturated heterocycles. The Hall–Kier alpha value is -1.17. The van der Waals surface area contributed by atoms with Crippen LogP contribution in [0.1, 0.15) is 12.0 Å². The van der Waals surface area contributed by atoms with Crippen LogP contribution in [0.2, 0.25) is 0 Å². The summed E-state index contributed by atoms with van der Waals surface area (Å²) in [7, 11) is 3.11. The van der Waals surface area contributed by atoms with E-state index in [1.807, 2.05) is 0 Å². The van der Waals surface area contributed by atoms with Crippen LogP contribution in [-0.4, -0.2) is 40.6 Å². The lowest BCUT2D eigenvalue weighted by Crippen LogP contribution is -2.17. The van der Waals surface area contributed by atoms with E-state index in [2.05, 4.69) is 5.32 Å². The van der Waals surface area contributed by atoms with Crippen molar-refractivity contribution in [2.24, 2.45) is 0 Å². The molecule has 0 bridgehead atoms. The summed E-state index contributed by atoms with van der Waals surface area (Å²) in [5.74, 6) is -0.0176. The van der Waals surface area contributed by atoms with Gasteiger partial charge in [-0.15, -0.1) is 0 Å². The molecule has 1 aromatic carbocycles. The van der Waals surface area contributed by atoms with E-state index in [4.69, 9.17) is 14.2 Å². The zero-order valence-electron chi connectivity index (χ0n) is 11.6. The summed E-state index contributed by atoms with van der Waals surface area (Å²) in [6, 6.07) is 5.15. The van der Waals surface area contributed by atoms with Gasteiger partial charge in [-0.25, -0.2) is 4.39 Å². The number of rotatable bonds is 10. The van der Waals surface area contributed by atoms with Crippen LogP contribution in [0, 0.1) is 5.82 Å². The zero-order chi connectivity index (χ0) is 13.9. The normalized spacial score (nSPS) is 10.7. The predicted molar refractivity (Wildman–Crippen MR) is 72.0 cm³/mol. The second-order valence-electron chi connectivity index (χ2n) is 4.07. The number of ether oxygens (including phenoxy) is 3. The molecule has 0 aliphatic carbocycles. The van der Waals surface area contributed by atoms with Gasteiger partial charge in [0.25, 0.3) is 0 Å². The number of methoxy groups -OCH3 is 2. The molecule has 0 radical (unpaired) electrons. The van der Waals surface area contributed by atoms with Gasteiger partial charge in [0.05, 0.1) is 20.3 Å². The maximum atomic E-state index is 13.8. The van der Waals surface area contributed by atoms with Crippen LogP contribution in [0.15, 0.2) is 18.2 Å². The van der Waals surface area contributed by atoms with Crippen molar-refractivity contribution in [3.63, 3.8) is 0 Å². The lowest BCUT2D eigenvalue weighted by atomic mass is 10.2. The summed E-state index contributed by atoms with van der Waals surface area (Å²) in [4.78, 5) is 0. The van der Waals surface area contributed by atoms with Crippen LogP contribution in [0.3, 0.4) is 0 Å². The molecule has 5 heteroatoms. The molecule has 108 valence electrons. The maximum Gasteiger partial charge on any atom is 0.169 e. The maximum absolute atomic E-state index is 13.8. The van der Waals surface area contributed by atoms with Gasteiger partial charge in [0.2, 0.25) is 0 Å².